The summed E-state index contributed by atoms with van der Waals surface area (Å²) in [6.07, 6.45) is 0.371. The number of anilines is 1. The summed E-state index contributed by atoms with van der Waals surface area (Å²) in [6, 6.07) is 10.1. The Morgan fingerprint density at radius 3 is 2.14 bits per heavy atom. The number of hydrazine groups is 1. The molecule has 2 aromatic carbocycles. The maximum atomic E-state index is 12.1. The quantitative estimate of drug-likeness (QED) is 0.592. The summed E-state index contributed by atoms with van der Waals surface area (Å²) >= 11 is 3.41. The van der Waals surface area contributed by atoms with Gasteiger partial charge >= 0.3 is 0 Å². The summed E-state index contributed by atoms with van der Waals surface area (Å²) in [5.74, 6) is -0.435. The number of amides is 3. The molecule has 0 aliphatic rings. The average molecular weight is 448 g/mol. The van der Waals surface area contributed by atoms with E-state index in [2.05, 4.69) is 32.1 Å². The van der Waals surface area contributed by atoms with E-state index in [9.17, 15) is 14.4 Å². The summed E-state index contributed by atoms with van der Waals surface area (Å²) in [6.45, 7) is 5.30. The fourth-order valence-electron chi connectivity index (χ4n) is 2.45. The van der Waals surface area contributed by atoms with Crippen LogP contribution in [0.5, 0.6) is 5.75 Å². The van der Waals surface area contributed by atoms with Gasteiger partial charge in [-0.05, 0) is 61.4 Å². The summed E-state index contributed by atoms with van der Waals surface area (Å²) in [5, 5.41) is 2.69. The lowest BCUT2D eigenvalue weighted by Gasteiger charge is -2.13. The highest BCUT2D eigenvalue weighted by molar-refractivity contribution is 9.10. The topological polar surface area (TPSA) is 96.5 Å². The number of ether oxygens (including phenoxy) is 1. The van der Waals surface area contributed by atoms with Crippen LogP contribution in [0.4, 0.5) is 5.69 Å². The highest BCUT2D eigenvalue weighted by Gasteiger charge is 2.11. The maximum absolute atomic E-state index is 12.1. The molecule has 0 aromatic heterocycles. The van der Waals surface area contributed by atoms with Gasteiger partial charge in [0.15, 0.2) is 6.61 Å². The normalized spacial score (nSPS) is 10.1. The van der Waals surface area contributed by atoms with Gasteiger partial charge in [0, 0.05) is 22.1 Å². The van der Waals surface area contributed by atoms with E-state index in [0.29, 0.717) is 23.4 Å². The third kappa shape index (κ3) is 6.09. The van der Waals surface area contributed by atoms with Crippen molar-refractivity contribution < 1.29 is 19.1 Å². The molecule has 0 spiro atoms. The Balaban J connectivity index is 1.84. The molecule has 148 valence electrons. The number of rotatable bonds is 6. The highest BCUT2D eigenvalue weighted by Crippen LogP contribution is 2.27. The fraction of sp³-hybridized carbons (Fsp3) is 0.250. The molecule has 0 aliphatic heterocycles. The molecule has 0 fully saturated rings. The van der Waals surface area contributed by atoms with Crippen LogP contribution in [0, 0.1) is 13.8 Å². The molecule has 0 aliphatic carbocycles. The molecule has 3 amide bonds. The minimum Gasteiger partial charge on any atom is -0.483 e. The van der Waals surface area contributed by atoms with Gasteiger partial charge in [0.05, 0.1) is 0 Å². The van der Waals surface area contributed by atoms with Crippen LogP contribution in [0.15, 0.2) is 40.9 Å². The van der Waals surface area contributed by atoms with Crippen LogP contribution in [-0.2, 0) is 9.59 Å². The van der Waals surface area contributed by atoms with Crippen LogP contribution in [0.2, 0.25) is 0 Å². The molecular weight excluding hydrogens is 426 g/mol. The molecule has 28 heavy (non-hydrogen) atoms. The fourth-order valence-corrected chi connectivity index (χ4v) is 3.14. The van der Waals surface area contributed by atoms with Gasteiger partial charge in [-0.15, -0.1) is 0 Å². The number of nitrogens with one attached hydrogen (secondary N) is 3. The lowest BCUT2D eigenvalue weighted by molar-refractivity contribution is -0.123. The van der Waals surface area contributed by atoms with Crippen molar-refractivity contribution in [2.45, 2.75) is 27.2 Å². The number of hydrogen-bond acceptors (Lipinski definition) is 4. The zero-order chi connectivity index (χ0) is 20.7. The highest BCUT2D eigenvalue weighted by atomic mass is 79.9. The molecule has 0 bridgehead atoms. The Hall–Kier alpha value is -2.87. The molecule has 2 aromatic rings. The van der Waals surface area contributed by atoms with Crippen molar-refractivity contribution in [3.8, 4) is 5.75 Å². The molecule has 2 rings (SSSR count). The second kappa shape index (κ2) is 9.89. The van der Waals surface area contributed by atoms with Gasteiger partial charge in [0.1, 0.15) is 5.75 Å². The van der Waals surface area contributed by atoms with E-state index in [0.717, 1.165) is 15.6 Å². The van der Waals surface area contributed by atoms with Gasteiger partial charge in [-0.25, -0.2) is 0 Å². The standard InChI is InChI=1S/C20H22BrN3O4/c1-4-17(25)22-16-7-5-14(6-8-16)20(27)24-23-18(26)11-28-19-12(2)9-15(21)10-13(19)3/h5-10H,4,11H2,1-3H3,(H,22,25)(H,23,26)(H,24,27). The molecule has 0 saturated carbocycles. The Morgan fingerprint density at radius 2 is 1.57 bits per heavy atom. The van der Waals surface area contributed by atoms with Crippen LogP contribution >= 0.6 is 15.9 Å². The zero-order valence-electron chi connectivity index (χ0n) is 15.9. The van der Waals surface area contributed by atoms with Crippen molar-refractivity contribution in [3.63, 3.8) is 0 Å². The van der Waals surface area contributed by atoms with E-state index in [1.54, 1.807) is 31.2 Å². The second-order valence-electron chi connectivity index (χ2n) is 6.14. The molecule has 7 nitrogen and oxygen atoms in total. The van der Waals surface area contributed by atoms with Crippen LogP contribution in [0.25, 0.3) is 0 Å². The van der Waals surface area contributed by atoms with Gasteiger partial charge in [-0.2, -0.15) is 0 Å². The number of halogens is 1. The predicted octanol–water partition coefficient (Wildman–Crippen LogP) is 3.25. The van der Waals surface area contributed by atoms with Gasteiger partial charge in [-0.1, -0.05) is 22.9 Å². The monoisotopic (exact) mass is 447 g/mol. The number of carbonyl (C=O) groups excluding carboxylic acids is 3. The van der Waals surface area contributed by atoms with E-state index in [1.807, 2.05) is 26.0 Å². The Labute approximate surface area is 171 Å². The van der Waals surface area contributed by atoms with E-state index >= 15 is 0 Å². The first kappa shape index (κ1) is 21.4. The SMILES string of the molecule is CCC(=O)Nc1ccc(C(=O)NNC(=O)COc2c(C)cc(Br)cc2C)cc1. The number of aryl methyl sites for hydroxylation is 2. The number of benzene rings is 2. The largest absolute Gasteiger partial charge is 0.483 e. The third-order valence-electron chi connectivity index (χ3n) is 3.84. The van der Waals surface area contributed by atoms with E-state index in [4.69, 9.17) is 4.74 Å². The number of carbonyl (C=O) groups is 3. The smallest absolute Gasteiger partial charge is 0.276 e. The van der Waals surface area contributed by atoms with Gasteiger partial charge < -0.3 is 10.1 Å². The molecule has 8 heteroatoms. The summed E-state index contributed by atoms with van der Waals surface area (Å²) < 4.78 is 6.50. The minimum atomic E-state index is -0.484. The van der Waals surface area contributed by atoms with Crippen molar-refractivity contribution in [1.29, 1.82) is 0 Å². The molecule has 0 atom stereocenters. The first-order valence-electron chi connectivity index (χ1n) is 8.68. The van der Waals surface area contributed by atoms with E-state index in [1.165, 1.54) is 0 Å². The predicted molar refractivity (Wildman–Crippen MR) is 110 cm³/mol. The maximum Gasteiger partial charge on any atom is 0.276 e. The summed E-state index contributed by atoms with van der Waals surface area (Å²) in [7, 11) is 0. The number of hydrogen-bond donors (Lipinski definition) is 3. The van der Waals surface area contributed by atoms with Crippen LogP contribution < -0.4 is 20.9 Å². The third-order valence-corrected chi connectivity index (χ3v) is 4.30. The van der Waals surface area contributed by atoms with Gasteiger partial charge in [0.2, 0.25) is 5.91 Å². The van der Waals surface area contributed by atoms with E-state index < -0.39 is 11.8 Å². The first-order chi connectivity index (χ1) is 13.3. The molecule has 0 unspecified atom stereocenters. The lowest BCUT2D eigenvalue weighted by Crippen LogP contribution is -2.43. The first-order valence-corrected chi connectivity index (χ1v) is 9.48. The van der Waals surface area contributed by atoms with Crippen molar-refractivity contribution >= 4 is 39.3 Å². The van der Waals surface area contributed by atoms with Crippen LogP contribution in [0.3, 0.4) is 0 Å². The van der Waals surface area contributed by atoms with Crippen molar-refractivity contribution in [3.05, 3.63) is 57.6 Å². The van der Waals surface area contributed by atoms with E-state index in [-0.39, 0.29) is 12.5 Å². The van der Waals surface area contributed by atoms with Crippen LogP contribution in [-0.4, -0.2) is 24.3 Å². The molecular formula is C20H22BrN3O4. The molecule has 0 saturated heterocycles. The van der Waals surface area contributed by atoms with Crippen molar-refractivity contribution in [2.24, 2.45) is 0 Å². The Morgan fingerprint density at radius 1 is 0.964 bits per heavy atom. The zero-order valence-corrected chi connectivity index (χ0v) is 17.5. The second-order valence-corrected chi connectivity index (χ2v) is 7.05. The molecule has 0 heterocycles. The van der Waals surface area contributed by atoms with Crippen molar-refractivity contribution in [1.82, 2.24) is 10.9 Å². The van der Waals surface area contributed by atoms with Gasteiger partial charge in [0.25, 0.3) is 11.8 Å². The summed E-state index contributed by atoms with van der Waals surface area (Å²) in [4.78, 5) is 35.4. The van der Waals surface area contributed by atoms with Crippen LogP contribution in [0.1, 0.15) is 34.8 Å². The average Bonchev–Trinajstić information content (AvgIpc) is 2.65. The Kier molecular flexibility index (Phi) is 7.57. The Bertz CT molecular complexity index is 859. The van der Waals surface area contributed by atoms with Gasteiger partial charge in [-0.3, -0.25) is 25.2 Å². The minimum absolute atomic E-state index is 0.110. The molecule has 0 radical (unpaired) electrons. The summed E-state index contributed by atoms with van der Waals surface area (Å²) in [5.41, 5.74) is 7.39. The molecule has 3 N–H and O–H groups in total. The van der Waals surface area contributed by atoms with Crippen molar-refractivity contribution in [2.75, 3.05) is 11.9 Å². The lowest BCUT2D eigenvalue weighted by atomic mass is 10.1.